The van der Waals surface area contributed by atoms with Crippen LogP contribution in [-0.2, 0) is 9.53 Å². The third-order valence-electron chi connectivity index (χ3n) is 2.16. The number of carbonyl (C=O) groups excluding carboxylic acids is 2. The van der Waals surface area contributed by atoms with Gasteiger partial charge < -0.3 is 15.4 Å². The number of amides is 2. The molecule has 96 valence electrons. The number of carbonyl (C=O) groups is 2. The summed E-state index contributed by atoms with van der Waals surface area (Å²) in [6.45, 7) is 5.95. The Morgan fingerprint density at radius 3 is 2.82 bits per heavy atom. The summed E-state index contributed by atoms with van der Waals surface area (Å²) in [5.41, 5.74) is -0.558. The molecule has 0 fully saturated rings. The molecule has 0 aromatic heterocycles. The Hall–Kier alpha value is -1.52. The largest absolute Gasteiger partial charge is 0.444 e. The Bertz CT molecular complexity index is 318. The molecular weight excluding hydrogens is 220 g/mol. The van der Waals surface area contributed by atoms with Gasteiger partial charge in [-0.1, -0.05) is 12.2 Å². The van der Waals surface area contributed by atoms with Crippen LogP contribution in [0.5, 0.6) is 0 Å². The van der Waals surface area contributed by atoms with E-state index in [2.05, 4.69) is 10.6 Å². The maximum Gasteiger partial charge on any atom is 0.408 e. The van der Waals surface area contributed by atoms with E-state index in [1.807, 2.05) is 12.2 Å². The molecule has 0 bridgehead atoms. The average molecular weight is 240 g/mol. The highest BCUT2D eigenvalue weighted by Crippen LogP contribution is 2.08. The minimum atomic E-state index is -0.563. The Morgan fingerprint density at radius 2 is 2.18 bits per heavy atom. The fourth-order valence-electron chi connectivity index (χ4n) is 1.43. The lowest BCUT2D eigenvalue weighted by Gasteiger charge is -2.23. The summed E-state index contributed by atoms with van der Waals surface area (Å²) < 4.78 is 5.11. The first-order valence-corrected chi connectivity index (χ1v) is 5.81. The molecule has 2 N–H and O–H groups in total. The van der Waals surface area contributed by atoms with Gasteiger partial charge in [-0.05, 0) is 33.6 Å². The summed E-state index contributed by atoms with van der Waals surface area (Å²) in [7, 11) is 0. The van der Waals surface area contributed by atoms with Crippen molar-refractivity contribution in [3.8, 4) is 0 Å². The summed E-state index contributed by atoms with van der Waals surface area (Å²) in [5, 5.41) is 5.31. The molecule has 1 aliphatic heterocycles. The van der Waals surface area contributed by atoms with Crippen molar-refractivity contribution < 1.29 is 14.3 Å². The molecule has 2 amide bonds. The molecule has 1 unspecified atom stereocenters. The van der Waals surface area contributed by atoms with Crippen LogP contribution in [0.1, 0.15) is 33.6 Å². The Balaban J connectivity index is 2.53. The van der Waals surface area contributed by atoms with Gasteiger partial charge in [0.25, 0.3) is 0 Å². The Morgan fingerprint density at radius 1 is 1.47 bits per heavy atom. The van der Waals surface area contributed by atoms with Crippen molar-refractivity contribution in [2.75, 3.05) is 6.54 Å². The number of ether oxygens (including phenoxy) is 1. The highest BCUT2D eigenvalue weighted by atomic mass is 16.6. The number of hydrogen-bond donors (Lipinski definition) is 2. The summed E-state index contributed by atoms with van der Waals surface area (Å²) in [4.78, 5) is 23.2. The van der Waals surface area contributed by atoms with E-state index in [4.69, 9.17) is 4.74 Å². The average Bonchev–Trinajstić information content (AvgIpc) is 2.15. The molecule has 0 aliphatic carbocycles. The van der Waals surface area contributed by atoms with Gasteiger partial charge in [-0.3, -0.25) is 4.79 Å². The summed E-state index contributed by atoms with van der Waals surface area (Å²) >= 11 is 0. The van der Waals surface area contributed by atoms with Crippen molar-refractivity contribution in [2.24, 2.45) is 0 Å². The van der Waals surface area contributed by atoms with Crippen LogP contribution < -0.4 is 10.6 Å². The van der Waals surface area contributed by atoms with E-state index in [0.29, 0.717) is 13.0 Å². The quantitative estimate of drug-likeness (QED) is 0.680. The standard InChI is InChI=1S/C12H20N2O3/c1-12(2,3)17-11(16)14-9-7-5-4-6-8-13-10(9)15/h4-5,9H,6-8H2,1-3H3,(H,13,15)(H,14,16)/b5-4-. The van der Waals surface area contributed by atoms with Gasteiger partial charge in [-0.25, -0.2) is 4.79 Å². The van der Waals surface area contributed by atoms with Crippen molar-refractivity contribution in [3.63, 3.8) is 0 Å². The van der Waals surface area contributed by atoms with Gasteiger partial charge >= 0.3 is 6.09 Å². The molecule has 17 heavy (non-hydrogen) atoms. The Labute approximate surface area is 102 Å². The Kier molecular flexibility index (Phi) is 4.54. The fraction of sp³-hybridized carbons (Fsp3) is 0.667. The van der Waals surface area contributed by atoms with E-state index in [0.717, 1.165) is 6.42 Å². The van der Waals surface area contributed by atoms with E-state index in [-0.39, 0.29) is 5.91 Å². The first-order valence-electron chi connectivity index (χ1n) is 5.81. The maximum absolute atomic E-state index is 11.7. The summed E-state index contributed by atoms with van der Waals surface area (Å²) in [5.74, 6) is -0.166. The zero-order chi connectivity index (χ0) is 12.9. The second-order valence-electron chi connectivity index (χ2n) is 4.99. The van der Waals surface area contributed by atoms with Gasteiger partial charge in [0.1, 0.15) is 11.6 Å². The number of rotatable bonds is 1. The smallest absolute Gasteiger partial charge is 0.408 e. The molecule has 0 spiro atoms. The van der Waals surface area contributed by atoms with Crippen molar-refractivity contribution >= 4 is 12.0 Å². The molecule has 0 saturated heterocycles. The number of nitrogens with one attached hydrogen (secondary N) is 2. The van der Waals surface area contributed by atoms with Crippen LogP contribution in [-0.4, -0.2) is 30.2 Å². The summed E-state index contributed by atoms with van der Waals surface area (Å²) in [6, 6.07) is -0.554. The normalized spacial score (nSPS) is 23.0. The van der Waals surface area contributed by atoms with Crippen molar-refractivity contribution in [1.29, 1.82) is 0 Å². The molecular formula is C12H20N2O3. The molecule has 0 aromatic rings. The van der Waals surface area contributed by atoms with Gasteiger partial charge in [0.15, 0.2) is 0 Å². The van der Waals surface area contributed by atoms with Gasteiger partial charge in [-0.15, -0.1) is 0 Å². The third kappa shape index (κ3) is 5.38. The fourth-order valence-corrected chi connectivity index (χ4v) is 1.43. The minimum Gasteiger partial charge on any atom is -0.444 e. The lowest BCUT2D eigenvalue weighted by Crippen LogP contribution is -2.48. The molecule has 0 aromatic carbocycles. The molecule has 1 heterocycles. The van der Waals surface area contributed by atoms with Crippen molar-refractivity contribution in [2.45, 2.75) is 45.3 Å². The zero-order valence-corrected chi connectivity index (χ0v) is 10.6. The van der Waals surface area contributed by atoms with Gasteiger partial charge in [-0.2, -0.15) is 0 Å². The van der Waals surface area contributed by atoms with Gasteiger partial charge in [0.05, 0.1) is 0 Å². The van der Waals surface area contributed by atoms with Crippen LogP contribution in [0.25, 0.3) is 0 Å². The van der Waals surface area contributed by atoms with Crippen LogP contribution in [0.2, 0.25) is 0 Å². The van der Waals surface area contributed by atoms with Crippen LogP contribution in [0.15, 0.2) is 12.2 Å². The summed E-state index contributed by atoms with van der Waals surface area (Å²) in [6.07, 6.45) is 4.64. The molecule has 0 radical (unpaired) electrons. The van der Waals surface area contributed by atoms with Crippen molar-refractivity contribution in [1.82, 2.24) is 10.6 Å². The van der Waals surface area contributed by atoms with Gasteiger partial charge in [0, 0.05) is 6.54 Å². The lowest BCUT2D eigenvalue weighted by atomic mass is 10.1. The molecule has 1 rings (SSSR count). The van der Waals surface area contributed by atoms with Gasteiger partial charge in [0.2, 0.25) is 5.91 Å². The van der Waals surface area contributed by atoms with Crippen LogP contribution in [0.3, 0.4) is 0 Å². The monoisotopic (exact) mass is 240 g/mol. The van der Waals surface area contributed by atoms with E-state index < -0.39 is 17.7 Å². The van der Waals surface area contributed by atoms with Crippen LogP contribution >= 0.6 is 0 Å². The molecule has 5 nitrogen and oxygen atoms in total. The SMILES string of the molecule is CC(C)(C)OC(=O)NC1C/C=C\CCNC1=O. The highest BCUT2D eigenvalue weighted by Gasteiger charge is 2.23. The van der Waals surface area contributed by atoms with E-state index in [1.165, 1.54) is 0 Å². The molecule has 5 heteroatoms. The molecule has 1 aliphatic rings. The van der Waals surface area contributed by atoms with Crippen LogP contribution in [0.4, 0.5) is 4.79 Å². The van der Waals surface area contributed by atoms with Crippen molar-refractivity contribution in [3.05, 3.63) is 12.2 Å². The number of hydrogen-bond acceptors (Lipinski definition) is 3. The third-order valence-corrected chi connectivity index (χ3v) is 2.16. The molecule has 1 atom stereocenters. The predicted molar refractivity (Wildman–Crippen MR) is 64.5 cm³/mol. The second kappa shape index (κ2) is 5.70. The van der Waals surface area contributed by atoms with E-state index >= 15 is 0 Å². The predicted octanol–water partition coefficient (Wildman–Crippen LogP) is 1.35. The lowest BCUT2D eigenvalue weighted by molar-refractivity contribution is -0.123. The minimum absolute atomic E-state index is 0.166. The maximum atomic E-state index is 11.7. The molecule has 0 saturated carbocycles. The first kappa shape index (κ1) is 13.5. The second-order valence-corrected chi connectivity index (χ2v) is 4.99. The van der Waals surface area contributed by atoms with E-state index in [9.17, 15) is 9.59 Å². The van der Waals surface area contributed by atoms with E-state index in [1.54, 1.807) is 20.8 Å². The highest BCUT2D eigenvalue weighted by molar-refractivity contribution is 5.85. The number of alkyl carbamates (subject to hydrolysis) is 1. The zero-order valence-electron chi connectivity index (χ0n) is 10.6. The first-order chi connectivity index (χ1) is 7.88. The topological polar surface area (TPSA) is 67.4 Å². The van der Waals surface area contributed by atoms with Crippen LogP contribution in [0, 0.1) is 0 Å².